The summed E-state index contributed by atoms with van der Waals surface area (Å²) in [5.41, 5.74) is -1.25. The van der Waals surface area contributed by atoms with Crippen molar-refractivity contribution in [1.82, 2.24) is 5.32 Å². The van der Waals surface area contributed by atoms with Crippen molar-refractivity contribution >= 4 is 12.1 Å². The van der Waals surface area contributed by atoms with Gasteiger partial charge in [-0.15, -0.1) is 0 Å². The summed E-state index contributed by atoms with van der Waals surface area (Å²) >= 11 is 0. The number of alkyl carbamates (subject to hydrolysis) is 1. The third kappa shape index (κ3) is 4.75. The highest BCUT2D eigenvalue weighted by Gasteiger charge is 2.38. The summed E-state index contributed by atoms with van der Waals surface area (Å²) in [6, 6.07) is 8.59. The molecule has 0 aliphatic heterocycles. The fraction of sp³-hybridized carbons (Fsp3) is 0.467. The van der Waals surface area contributed by atoms with Crippen molar-refractivity contribution in [3.05, 3.63) is 35.9 Å². The molecule has 0 radical (unpaired) electrons. The third-order valence-electron chi connectivity index (χ3n) is 3.03. The Balaban J connectivity index is 2.64. The minimum absolute atomic E-state index is 0.135. The Kier molecular flexibility index (Phi) is 6.68. The minimum atomic E-state index is -1.72. The van der Waals surface area contributed by atoms with E-state index in [0.29, 0.717) is 25.1 Å². The SMILES string of the molecule is CCOC(=O)NCCCC(O)(C(=O)OC)c1ccccc1. The van der Waals surface area contributed by atoms with Crippen LogP contribution in [0.5, 0.6) is 0 Å². The number of nitrogens with one attached hydrogen (secondary N) is 1. The molecule has 1 unspecified atom stereocenters. The number of methoxy groups -OCH3 is 1. The van der Waals surface area contributed by atoms with Crippen LogP contribution in [0.25, 0.3) is 0 Å². The molecule has 0 saturated heterocycles. The second kappa shape index (κ2) is 8.26. The van der Waals surface area contributed by atoms with Crippen LogP contribution in [0, 0.1) is 0 Å². The number of amides is 1. The molecule has 0 spiro atoms. The second-order valence-electron chi connectivity index (χ2n) is 4.47. The van der Waals surface area contributed by atoms with Crippen LogP contribution in [0.1, 0.15) is 25.3 Å². The zero-order valence-corrected chi connectivity index (χ0v) is 12.3. The first-order valence-corrected chi connectivity index (χ1v) is 6.81. The predicted molar refractivity (Wildman–Crippen MR) is 76.6 cm³/mol. The lowest BCUT2D eigenvalue weighted by Crippen LogP contribution is -2.38. The van der Waals surface area contributed by atoms with Gasteiger partial charge in [0.1, 0.15) is 0 Å². The number of hydrogen-bond acceptors (Lipinski definition) is 5. The fourth-order valence-corrected chi connectivity index (χ4v) is 1.96. The number of aliphatic hydroxyl groups is 1. The maximum absolute atomic E-state index is 11.9. The number of hydrogen-bond donors (Lipinski definition) is 2. The van der Waals surface area contributed by atoms with Crippen LogP contribution in [0.2, 0.25) is 0 Å². The maximum atomic E-state index is 11.9. The van der Waals surface area contributed by atoms with Crippen molar-refractivity contribution in [2.75, 3.05) is 20.3 Å². The monoisotopic (exact) mass is 295 g/mol. The van der Waals surface area contributed by atoms with Gasteiger partial charge in [-0.25, -0.2) is 9.59 Å². The van der Waals surface area contributed by atoms with Gasteiger partial charge >= 0.3 is 12.1 Å². The zero-order chi connectivity index (χ0) is 15.7. The maximum Gasteiger partial charge on any atom is 0.407 e. The highest BCUT2D eigenvalue weighted by Crippen LogP contribution is 2.27. The van der Waals surface area contributed by atoms with Gasteiger partial charge in [-0.05, 0) is 25.3 Å². The molecule has 1 aromatic carbocycles. The standard InChI is InChI=1S/C15H21NO5/c1-3-21-14(18)16-11-7-10-15(19,13(17)20-2)12-8-5-4-6-9-12/h4-6,8-9,19H,3,7,10-11H2,1-2H3,(H,16,18). The normalized spacial score (nSPS) is 13.1. The Morgan fingerprint density at radius 1 is 1.29 bits per heavy atom. The van der Waals surface area contributed by atoms with Gasteiger partial charge < -0.3 is 19.9 Å². The molecule has 6 nitrogen and oxygen atoms in total. The largest absolute Gasteiger partial charge is 0.467 e. The summed E-state index contributed by atoms with van der Waals surface area (Å²) in [6.07, 6.45) is 0.0221. The number of carbonyl (C=O) groups is 2. The van der Waals surface area contributed by atoms with Gasteiger partial charge in [0.15, 0.2) is 5.60 Å². The van der Waals surface area contributed by atoms with Crippen LogP contribution in [0.4, 0.5) is 4.79 Å². The van der Waals surface area contributed by atoms with Crippen LogP contribution >= 0.6 is 0 Å². The van der Waals surface area contributed by atoms with E-state index in [-0.39, 0.29) is 6.42 Å². The fourth-order valence-electron chi connectivity index (χ4n) is 1.96. The summed E-state index contributed by atoms with van der Waals surface area (Å²) in [4.78, 5) is 23.0. The molecule has 1 atom stereocenters. The highest BCUT2D eigenvalue weighted by molar-refractivity contribution is 5.80. The summed E-state index contributed by atoms with van der Waals surface area (Å²) in [5.74, 6) is -0.718. The highest BCUT2D eigenvalue weighted by atomic mass is 16.5. The molecular formula is C15H21NO5. The van der Waals surface area contributed by atoms with Crippen LogP contribution < -0.4 is 5.32 Å². The van der Waals surface area contributed by atoms with Crippen LogP contribution in [0.3, 0.4) is 0 Å². The molecule has 0 heterocycles. The van der Waals surface area contributed by atoms with E-state index in [2.05, 4.69) is 10.1 Å². The quantitative estimate of drug-likeness (QED) is 0.589. The van der Waals surface area contributed by atoms with Gasteiger partial charge in [-0.1, -0.05) is 30.3 Å². The topological polar surface area (TPSA) is 84.9 Å². The van der Waals surface area contributed by atoms with E-state index in [1.807, 2.05) is 0 Å². The first-order valence-electron chi connectivity index (χ1n) is 6.81. The van der Waals surface area contributed by atoms with Crippen molar-refractivity contribution in [1.29, 1.82) is 0 Å². The molecule has 6 heteroatoms. The first-order chi connectivity index (χ1) is 10.0. The Hall–Kier alpha value is -2.08. The van der Waals surface area contributed by atoms with Crippen molar-refractivity contribution in [3.8, 4) is 0 Å². The van der Waals surface area contributed by atoms with E-state index in [1.165, 1.54) is 7.11 Å². The average molecular weight is 295 g/mol. The second-order valence-corrected chi connectivity index (χ2v) is 4.47. The predicted octanol–water partition coefficient (Wildman–Crippen LogP) is 1.57. The minimum Gasteiger partial charge on any atom is -0.467 e. The first kappa shape index (κ1) is 17.0. The molecule has 0 saturated carbocycles. The molecule has 0 aromatic heterocycles. The van der Waals surface area contributed by atoms with Gasteiger partial charge in [0.05, 0.1) is 13.7 Å². The molecule has 1 amide bonds. The number of benzene rings is 1. The molecule has 0 aliphatic rings. The number of rotatable bonds is 7. The molecule has 1 aromatic rings. The van der Waals surface area contributed by atoms with E-state index >= 15 is 0 Å². The molecule has 21 heavy (non-hydrogen) atoms. The van der Waals surface area contributed by atoms with Gasteiger partial charge in [0, 0.05) is 6.54 Å². The van der Waals surface area contributed by atoms with Crippen molar-refractivity contribution in [3.63, 3.8) is 0 Å². The molecule has 0 aliphatic carbocycles. The summed E-state index contributed by atoms with van der Waals surface area (Å²) in [5, 5.41) is 13.1. The number of ether oxygens (including phenoxy) is 2. The number of esters is 1. The van der Waals surface area contributed by atoms with Crippen molar-refractivity contribution < 1.29 is 24.2 Å². The molecule has 0 fully saturated rings. The van der Waals surface area contributed by atoms with E-state index < -0.39 is 17.7 Å². The lowest BCUT2D eigenvalue weighted by molar-refractivity contribution is -0.164. The smallest absolute Gasteiger partial charge is 0.407 e. The third-order valence-corrected chi connectivity index (χ3v) is 3.03. The van der Waals surface area contributed by atoms with Gasteiger partial charge in [0.2, 0.25) is 0 Å². The summed E-state index contributed by atoms with van der Waals surface area (Å²) in [6.45, 7) is 2.30. The molecule has 1 rings (SSSR count). The van der Waals surface area contributed by atoms with E-state index in [1.54, 1.807) is 37.3 Å². The Morgan fingerprint density at radius 2 is 1.95 bits per heavy atom. The zero-order valence-electron chi connectivity index (χ0n) is 12.3. The van der Waals surface area contributed by atoms with Crippen LogP contribution in [0.15, 0.2) is 30.3 Å². The van der Waals surface area contributed by atoms with E-state index in [9.17, 15) is 14.7 Å². The molecular weight excluding hydrogens is 274 g/mol. The lowest BCUT2D eigenvalue weighted by Gasteiger charge is -2.25. The van der Waals surface area contributed by atoms with Crippen molar-refractivity contribution in [2.45, 2.75) is 25.4 Å². The Morgan fingerprint density at radius 3 is 2.52 bits per heavy atom. The molecule has 2 N–H and O–H groups in total. The van der Waals surface area contributed by atoms with E-state index in [0.717, 1.165) is 0 Å². The van der Waals surface area contributed by atoms with Gasteiger partial charge in [0.25, 0.3) is 0 Å². The molecule has 116 valence electrons. The van der Waals surface area contributed by atoms with E-state index in [4.69, 9.17) is 4.74 Å². The molecule has 0 bridgehead atoms. The Labute approximate surface area is 124 Å². The Bertz CT molecular complexity index is 462. The lowest BCUT2D eigenvalue weighted by atomic mass is 9.89. The van der Waals surface area contributed by atoms with Gasteiger partial charge in [-0.2, -0.15) is 0 Å². The average Bonchev–Trinajstić information content (AvgIpc) is 2.51. The summed E-state index contributed by atoms with van der Waals surface area (Å²) in [7, 11) is 1.23. The van der Waals surface area contributed by atoms with Crippen LogP contribution in [-0.2, 0) is 19.9 Å². The van der Waals surface area contributed by atoms with Gasteiger partial charge in [-0.3, -0.25) is 0 Å². The summed E-state index contributed by atoms with van der Waals surface area (Å²) < 4.78 is 9.41. The van der Waals surface area contributed by atoms with Crippen molar-refractivity contribution in [2.24, 2.45) is 0 Å². The van der Waals surface area contributed by atoms with Crippen LogP contribution in [-0.4, -0.2) is 37.4 Å². The number of carbonyl (C=O) groups excluding carboxylic acids is 2.